The van der Waals surface area contributed by atoms with Gasteiger partial charge in [0, 0.05) is 43.1 Å². The van der Waals surface area contributed by atoms with Gasteiger partial charge in [0.15, 0.2) is 0 Å². The van der Waals surface area contributed by atoms with E-state index < -0.39 is 0 Å². The van der Waals surface area contributed by atoms with E-state index in [-0.39, 0.29) is 0 Å². The fourth-order valence-electron chi connectivity index (χ4n) is 6.34. The zero-order chi connectivity index (χ0) is 31.0. The number of hydrogen-bond donors (Lipinski definition) is 0. The molecule has 0 N–H and O–H groups in total. The first-order valence-corrected chi connectivity index (χ1v) is 15.9. The quantitative estimate of drug-likeness (QED) is 0.189. The molecule has 0 aliphatic rings. The molecule has 4 heteroatoms. The minimum atomic E-state index is 0.662. The van der Waals surface area contributed by atoms with E-state index >= 15 is 0 Å². The average Bonchev–Trinajstić information content (AvgIpc) is 3.11. The highest BCUT2D eigenvalue weighted by molar-refractivity contribution is 6.32. The van der Waals surface area contributed by atoms with E-state index in [9.17, 15) is 0 Å². The molecule has 0 radical (unpaired) electrons. The molecule has 0 atom stereocenters. The average molecular weight is 630 g/mol. The summed E-state index contributed by atoms with van der Waals surface area (Å²) in [7, 11) is 0. The summed E-state index contributed by atoms with van der Waals surface area (Å²) in [5.74, 6) is 0. The molecule has 0 saturated carbocycles. The van der Waals surface area contributed by atoms with Gasteiger partial charge < -0.3 is 0 Å². The van der Waals surface area contributed by atoms with Crippen LogP contribution in [0.1, 0.15) is 0 Å². The van der Waals surface area contributed by atoms with Gasteiger partial charge in [0.05, 0.1) is 22.8 Å². The van der Waals surface area contributed by atoms with Crippen LogP contribution in [0.25, 0.3) is 77.7 Å². The summed E-state index contributed by atoms with van der Waals surface area (Å²) in [6, 6.07) is 53.6. The lowest BCUT2D eigenvalue weighted by Gasteiger charge is -2.20. The van der Waals surface area contributed by atoms with Crippen LogP contribution in [-0.4, -0.2) is 9.97 Å². The van der Waals surface area contributed by atoms with E-state index in [1.54, 1.807) is 0 Å². The molecule has 2 heterocycles. The van der Waals surface area contributed by atoms with Gasteiger partial charge in [-0.1, -0.05) is 157 Å². The Hall–Kier alpha value is -5.28. The topological polar surface area (TPSA) is 25.8 Å². The second-order valence-electron chi connectivity index (χ2n) is 11.2. The molecule has 0 aliphatic carbocycles. The summed E-state index contributed by atoms with van der Waals surface area (Å²) in [6.45, 7) is 0. The molecule has 2 nitrogen and oxygen atoms in total. The highest BCUT2D eigenvalue weighted by atomic mass is 35.5. The minimum absolute atomic E-state index is 0.662. The lowest BCUT2D eigenvalue weighted by atomic mass is 9.89. The Labute approximate surface area is 277 Å². The van der Waals surface area contributed by atoms with Crippen molar-refractivity contribution >= 4 is 44.7 Å². The molecule has 0 spiro atoms. The number of halogens is 2. The smallest absolute Gasteiger partial charge is 0.0979 e. The molecule has 0 aliphatic heterocycles. The van der Waals surface area contributed by atoms with Crippen molar-refractivity contribution in [1.82, 2.24) is 9.97 Å². The Bertz CT molecular complexity index is 2190. The van der Waals surface area contributed by atoms with Gasteiger partial charge in [-0.3, -0.25) is 0 Å². The zero-order valence-corrected chi connectivity index (χ0v) is 26.2. The Morgan fingerprint density at radius 1 is 0.304 bits per heavy atom. The van der Waals surface area contributed by atoms with Crippen molar-refractivity contribution in [2.24, 2.45) is 0 Å². The van der Waals surface area contributed by atoms with Crippen LogP contribution in [0.5, 0.6) is 0 Å². The second kappa shape index (κ2) is 11.9. The maximum Gasteiger partial charge on any atom is 0.0979 e. The summed E-state index contributed by atoms with van der Waals surface area (Å²) in [4.78, 5) is 11.0. The zero-order valence-electron chi connectivity index (χ0n) is 24.7. The molecule has 8 rings (SSSR count). The van der Waals surface area contributed by atoms with E-state index in [0.717, 1.165) is 77.7 Å². The molecule has 0 fully saturated rings. The third-order valence-electron chi connectivity index (χ3n) is 8.38. The van der Waals surface area contributed by atoms with Crippen LogP contribution < -0.4 is 0 Å². The molecule has 0 saturated heterocycles. The number of hydrogen-bond acceptors (Lipinski definition) is 2. The van der Waals surface area contributed by atoms with Crippen LogP contribution in [-0.2, 0) is 0 Å². The van der Waals surface area contributed by atoms with Gasteiger partial charge in [-0.25, -0.2) is 9.97 Å². The van der Waals surface area contributed by atoms with Crippen molar-refractivity contribution in [3.63, 3.8) is 0 Å². The predicted octanol–water partition coefficient (Wildman–Crippen LogP) is 12.4. The fraction of sp³-hybridized carbons (Fsp3) is 0. The molecule has 0 amide bonds. The van der Waals surface area contributed by atoms with E-state index in [2.05, 4.69) is 84.9 Å². The van der Waals surface area contributed by atoms with E-state index in [1.165, 1.54) is 0 Å². The van der Waals surface area contributed by atoms with Crippen molar-refractivity contribution in [2.45, 2.75) is 0 Å². The Morgan fingerprint density at radius 3 is 0.978 bits per heavy atom. The maximum absolute atomic E-state index is 6.73. The summed E-state index contributed by atoms with van der Waals surface area (Å²) in [5.41, 5.74) is 9.55. The summed E-state index contributed by atoms with van der Waals surface area (Å²) >= 11 is 13.5. The molecule has 8 aromatic rings. The van der Waals surface area contributed by atoms with Crippen molar-refractivity contribution in [3.8, 4) is 56.2 Å². The largest absolute Gasteiger partial charge is 0.245 e. The van der Waals surface area contributed by atoms with E-state index in [1.807, 2.05) is 72.8 Å². The van der Waals surface area contributed by atoms with Crippen LogP contribution in [0.4, 0.5) is 0 Å². The lowest BCUT2D eigenvalue weighted by Crippen LogP contribution is -2.01. The van der Waals surface area contributed by atoms with Gasteiger partial charge >= 0.3 is 0 Å². The number of nitrogens with zero attached hydrogens (tertiary/aromatic N) is 2. The van der Waals surface area contributed by atoms with E-state index in [0.29, 0.717) is 10.0 Å². The highest BCUT2D eigenvalue weighted by Crippen LogP contribution is 2.46. The molecule has 2 aromatic heterocycles. The molecule has 0 bridgehead atoms. The third-order valence-corrected chi connectivity index (χ3v) is 8.85. The maximum atomic E-state index is 6.73. The van der Waals surface area contributed by atoms with Crippen LogP contribution in [0.3, 0.4) is 0 Å². The van der Waals surface area contributed by atoms with Crippen LogP contribution in [0, 0.1) is 0 Å². The predicted molar refractivity (Wildman–Crippen MR) is 194 cm³/mol. The molecule has 218 valence electrons. The Balaban J connectivity index is 1.55. The standard InChI is InChI=1S/C42H26Cl2N2/c43-31-21-23-33-35(25-31)37(27-13-5-1-6-14-27)39(29-17-9-3-10-18-29)45-41(33)42-34-24-22-32(44)26-36(34)38(28-15-7-2-8-16-28)40(46-42)30-19-11-4-12-20-30/h1-26H. The van der Waals surface area contributed by atoms with Gasteiger partial charge in [0.1, 0.15) is 0 Å². The fourth-order valence-corrected chi connectivity index (χ4v) is 6.68. The number of aromatic nitrogens is 2. The van der Waals surface area contributed by atoms with Crippen LogP contribution in [0.15, 0.2) is 158 Å². The number of pyridine rings is 2. The molecule has 0 unspecified atom stereocenters. The SMILES string of the molecule is Clc1ccc2c(-c3nc(-c4ccccc4)c(-c4ccccc4)c4cc(Cl)ccc34)nc(-c3ccccc3)c(-c3ccccc3)c2c1. The third kappa shape index (κ3) is 5.02. The highest BCUT2D eigenvalue weighted by Gasteiger charge is 2.24. The number of rotatable bonds is 5. The summed E-state index contributed by atoms with van der Waals surface area (Å²) in [5, 5.41) is 5.29. The number of benzene rings is 6. The Morgan fingerprint density at radius 2 is 0.630 bits per heavy atom. The van der Waals surface area contributed by atoms with Crippen molar-refractivity contribution < 1.29 is 0 Å². The summed E-state index contributed by atoms with van der Waals surface area (Å²) < 4.78 is 0. The van der Waals surface area contributed by atoms with Crippen LogP contribution >= 0.6 is 23.2 Å². The van der Waals surface area contributed by atoms with Gasteiger partial charge in [0.25, 0.3) is 0 Å². The van der Waals surface area contributed by atoms with Crippen molar-refractivity contribution in [3.05, 3.63) is 168 Å². The molecule has 6 aromatic carbocycles. The first-order chi connectivity index (χ1) is 22.7. The van der Waals surface area contributed by atoms with Crippen LogP contribution in [0.2, 0.25) is 10.0 Å². The Kier molecular flexibility index (Phi) is 7.30. The van der Waals surface area contributed by atoms with Gasteiger partial charge in [-0.05, 0) is 46.2 Å². The first kappa shape index (κ1) is 28.2. The summed E-state index contributed by atoms with van der Waals surface area (Å²) in [6.07, 6.45) is 0. The van der Waals surface area contributed by atoms with Gasteiger partial charge in [0.2, 0.25) is 0 Å². The van der Waals surface area contributed by atoms with Gasteiger partial charge in [-0.2, -0.15) is 0 Å². The van der Waals surface area contributed by atoms with Gasteiger partial charge in [-0.15, -0.1) is 0 Å². The lowest BCUT2D eigenvalue weighted by molar-refractivity contribution is 1.28. The minimum Gasteiger partial charge on any atom is -0.245 e. The number of fused-ring (bicyclic) bond motifs is 2. The second-order valence-corrected chi connectivity index (χ2v) is 12.1. The molecular weight excluding hydrogens is 603 g/mol. The normalized spacial score (nSPS) is 11.3. The molecular formula is C42H26Cl2N2. The molecule has 46 heavy (non-hydrogen) atoms. The monoisotopic (exact) mass is 628 g/mol. The van der Waals surface area contributed by atoms with Crippen molar-refractivity contribution in [2.75, 3.05) is 0 Å². The van der Waals surface area contributed by atoms with Crippen molar-refractivity contribution in [1.29, 1.82) is 0 Å². The van der Waals surface area contributed by atoms with E-state index in [4.69, 9.17) is 33.2 Å². The first-order valence-electron chi connectivity index (χ1n) is 15.1.